The zero-order chi connectivity index (χ0) is 14.5. The van der Waals surface area contributed by atoms with Gasteiger partial charge in [0.05, 0.1) is 5.56 Å². The number of carbonyl (C=O) groups is 1. The molecule has 0 aliphatic carbocycles. The lowest BCUT2D eigenvalue weighted by Gasteiger charge is -2.07. The van der Waals surface area contributed by atoms with E-state index in [0.29, 0.717) is 23.6 Å². The van der Waals surface area contributed by atoms with E-state index in [4.69, 9.17) is 11.6 Å². The van der Waals surface area contributed by atoms with E-state index < -0.39 is 0 Å². The van der Waals surface area contributed by atoms with Crippen molar-refractivity contribution in [3.63, 3.8) is 0 Å². The zero-order valence-corrected chi connectivity index (χ0v) is 13.4. The van der Waals surface area contributed by atoms with Crippen molar-refractivity contribution >= 4 is 40.1 Å². The molecular formula is C15H12ClFINO. The average Bonchev–Trinajstić information content (AvgIpc) is 2.38. The highest BCUT2D eigenvalue weighted by atomic mass is 127. The summed E-state index contributed by atoms with van der Waals surface area (Å²) < 4.78 is 13.8. The number of rotatable bonds is 4. The minimum atomic E-state index is -0.263. The predicted molar refractivity (Wildman–Crippen MR) is 86.6 cm³/mol. The molecule has 20 heavy (non-hydrogen) atoms. The molecule has 0 aliphatic heterocycles. The van der Waals surface area contributed by atoms with E-state index in [1.807, 2.05) is 6.07 Å². The van der Waals surface area contributed by atoms with E-state index >= 15 is 0 Å². The van der Waals surface area contributed by atoms with Crippen LogP contribution in [0.3, 0.4) is 0 Å². The van der Waals surface area contributed by atoms with Gasteiger partial charge in [-0.3, -0.25) is 4.79 Å². The Morgan fingerprint density at radius 1 is 1.25 bits per heavy atom. The molecule has 0 aliphatic rings. The molecule has 0 fully saturated rings. The van der Waals surface area contributed by atoms with Crippen LogP contribution in [0.4, 0.5) is 4.39 Å². The lowest BCUT2D eigenvalue weighted by atomic mass is 10.1. The maximum atomic E-state index is 13.0. The summed E-state index contributed by atoms with van der Waals surface area (Å²) in [6.45, 7) is 0.459. The van der Waals surface area contributed by atoms with Crippen molar-refractivity contribution in [1.82, 2.24) is 5.32 Å². The number of carbonyl (C=O) groups excluding carboxylic acids is 1. The van der Waals surface area contributed by atoms with Gasteiger partial charge < -0.3 is 5.32 Å². The molecule has 0 saturated carbocycles. The van der Waals surface area contributed by atoms with Crippen LogP contribution >= 0.6 is 34.2 Å². The van der Waals surface area contributed by atoms with Gasteiger partial charge in [-0.15, -0.1) is 0 Å². The van der Waals surface area contributed by atoms with E-state index in [-0.39, 0.29) is 11.7 Å². The predicted octanol–water partition coefficient (Wildman–Crippen LogP) is 4.06. The van der Waals surface area contributed by atoms with E-state index in [9.17, 15) is 9.18 Å². The highest BCUT2D eigenvalue weighted by molar-refractivity contribution is 14.1. The maximum absolute atomic E-state index is 13.0. The van der Waals surface area contributed by atoms with E-state index in [1.54, 1.807) is 24.3 Å². The van der Waals surface area contributed by atoms with Gasteiger partial charge in [-0.05, 0) is 64.9 Å². The summed E-state index contributed by atoms with van der Waals surface area (Å²) in [6, 6.07) is 11.5. The van der Waals surface area contributed by atoms with Crippen LogP contribution in [0.15, 0.2) is 42.5 Å². The van der Waals surface area contributed by atoms with Gasteiger partial charge in [0, 0.05) is 15.1 Å². The Morgan fingerprint density at radius 2 is 2.05 bits per heavy atom. The van der Waals surface area contributed by atoms with Gasteiger partial charge in [0.1, 0.15) is 5.82 Å². The smallest absolute Gasteiger partial charge is 0.252 e. The lowest BCUT2D eigenvalue weighted by molar-refractivity contribution is 0.0953. The quantitative estimate of drug-likeness (QED) is 0.767. The van der Waals surface area contributed by atoms with Crippen molar-refractivity contribution in [3.8, 4) is 0 Å². The van der Waals surface area contributed by atoms with Crippen LogP contribution in [0.2, 0.25) is 5.02 Å². The molecule has 1 N–H and O–H groups in total. The van der Waals surface area contributed by atoms with Gasteiger partial charge >= 0.3 is 0 Å². The zero-order valence-electron chi connectivity index (χ0n) is 10.5. The van der Waals surface area contributed by atoms with Gasteiger partial charge in [0.15, 0.2) is 0 Å². The van der Waals surface area contributed by atoms with Crippen LogP contribution in [-0.2, 0) is 6.42 Å². The third kappa shape index (κ3) is 4.18. The molecule has 2 aromatic carbocycles. The highest BCUT2D eigenvalue weighted by Gasteiger charge is 2.09. The molecule has 0 atom stereocenters. The number of halogens is 3. The standard InChI is InChI=1S/C15H12ClFINO/c16-11-4-5-13(14(18)9-11)15(20)19-7-6-10-2-1-3-12(17)8-10/h1-5,8-9H,6-7H2,(H,19,20). The molecule has 0 heterocycles. The minimum Gasteiger partial charge on any atom is -0.352 e. The molecule has 0 unspecified atom stereocenters. The van der Waals surface area contributed by atoms with Gasteiger partial charge in [0.2, 0.25) is 0 Å². The fourth-order valence-corrected chi connectivity index (χ4v) is 2.90. The molecule has 2 rings (SSSR count). The molecule has 5 heteroatoms. The first-order valence-corrected chi connectivity index (χ1v) is 7.49. The number of hydrogen-bond donors (Lipinski definition) is 1. The molecule has 0 bridgehead atoms. The molecular weight excluding hydrogens is 392 g/mol. The van der Waals surface area contributed by atoms with Gasteiger partial charge in [0.25, 0.3) is 5.91 Å². The van der Waals surface area contributed by atoms with Crippen molar-refractivity contribution in [3.05, 3.63) is 68.0 Å². The minimum absolute atomic E-state index is 0.150. The molecule has 2 aromatic rings. The fraction of sp³-hybridized carbons (Fsp3) is 0.133. The second-order valence-corrected chi connectivity index (χ2v) is 5.86. The second-order valence-electron chi connectivity index (χ2n) is 4.26. The third-order valence-electron chi connectivity index (χ3n) is 2.76. The Labute approximate surface area is 135 Å². The molecule has 2 nitrogen and oxygen atoms in total. The van der Waals surface area contributed by atoms with Crippen molar-refractivity contribution in [2.75, 3.05) is 6.54 Å². The Kier molecular flexibility index (Phi) is 5.37. The van der Waals surface area contributed by atoms with Crippen molar-refractivity contribution < 1.29 is 9.18 Å². The molecule has 104 valence electrons. The molecule has 0 aromatic heterocycles. The fourth-order valence-electron chi connectivity index (χ4n) is 1.78. The SMILES string of the molecule is O=C(NCCc1cccc(F)c1)c1ccc(Cl)cc1I. The number of amides is 1. The van der Waals surface area contributed by atoms with Crippen LogP contribution < -0.4 is 5.32 Å². The number of benzene rings is 2. The first-order valence-electron chi connectivity index (χ1n) is 6.04. The molecule has 0 spiro atoms. The number of hydrogen-bond acceptors (Lipinski definition) is 1. The first-order chi connectivity index (χ1) is 9.56. The highest BCUT2D eigenvalue weighted by Crippen LogP contribution is 2.17. The van der Waals surface area contributed by atoms with Crippen LogP contribution in [0.1, 0.15) is 15.9 Å². The average molecular weight is 404 g/mol. The van der Waals surface area contributed by atoms with Gasteiger partial charge in [-0.2, -0.15) is 0 Å². The summed E-state index contributed by atoms with van der Waals surface area (Å²) in [5, 5.41) is 3.42. The number of nitrogens with one attached hydrogen (secondary N) is 1. The Balaban J connectivity index is 1.92. The molecule has 1 amide bonds. The van der Waals surface area contributed by atoms with Crippen LogP contribution in [0.5, 0.6) is 0 Å². The summed E-state index contributed by atoms with van der Waals surface area (Å²) in [4.78, 5) is 12.0. The van der Waals surface area contributed by atoms with Crippen molar-refractivity contribution in [1.29, 1.82) is 0 Å². The molecule has 0 saturated heterocycles. The Bertz CT molecular complexity index is 633. The summed E-state index contributed by atoms with van der Waals surface area (Å²) in [5.41, 5.74) is 1.45. The lowest BCUT2D eigenvalue weighted by Crippen LogP contribution is -2.26. The maximum Gasteiger partial charge on any atom is 0.252 e. The van der Waals surface area contributed by atoms with Gasteiger partial charge in [-0.1, -0.05) is 23.7 Å². The largest absolute Gasteiger partial charge is 0.352 e. The van der Waals surface area contributed by atoms with E-state index in [1.165, 1.54) is 12.1 Å². The summed E-state index contributed by atoms with van der Waals surface area (Å²) in [7, 11) is 0. The van der Waals surface area contributed by atoms with Crippen molar-refractivity contribution in [2.45, 2.75) is 6.42 Å². The second kappa shape index (κ2) is 7.04. The Hall–Kier alpha value is -1.14. The van der Waals surface area contributed by atoms with Crippen molar-refractivity contribution in [2.24, 2.45) is 0 Å². The summed E-state index contributed by atoms with van der Waals surface area (Å²) >= 11 is 7.92. The molecule has 0 radical (unpaired) electrons. The summed E-state index contributed by atoms with van der Waals surface area (Å²) in [6.07, 6.45) is 0.591. The normalized spacial score (nSPS) is 10.3. The summed E-state index contributed by atoms with van der Waals surface area (Å²) in [5.74, 6) is -0.413. The third-order valence-corrected chi connectivity index (χ3v) is 3.89. The monoisotopic (exact) mass is 403 g/mol. The van der Waals surface area contributed by atoms with E-state index in [0.717, 1.165) is 9.13 Å². The van der Waals surface area contributed by atoms with Crippen LogP contribution in [0.25, 0.3) is 0 Å². The van der Waals surface area contributed by atoms with Crippen LogP contribution in [-0.4, -0.2) is 12.5 Å². The Morgan fingerprint density at radius 3 is 2.75 bits per heavy atom. The van der Waals surface area contributed by atoms with E-state index in [2.05, 4.69) is 27.9 Å². The van der Waals surface area contributed by atoms with Crippen LogP contribution in [0, 0.1) is 9.39 Å². The topological polar surface area (TPSA) is 29.1 Å². The van der Waals surface area contributed by atoms with Gasteiger partial charge in [-0.25, -0.2) is 4.39 Å². The first kappa shape index (κ1) is 15.3.